The summed E-state index contributed by atoms with van der Waals surface area (Å²) in [5.41, 5.74) is 0.235. The van der Waals surface area contributed by atoms with Crippen LogP contribution in [0.25, 0.3) is 0 Å². The summed E-state index contributed by atoms with van der Waals surface area (Å²) in [6.07, 6.45) is 3.77. The fourth-order valence-electron chi connectivity index (χ4n) is 2.56. The van der Waals surface area contributed by atoms with Gasteiger partial charge in [0.25, 0.3) is 11.7 Å². The first-order chi connectivity index (χ1) is 10.1. The SMILES string of the molecule is O=C(NC1CCCCCC1O)c1ccccc1SC(F)F. The summed E-state index contributed by atoms with van der Waals surface area (Å²) < 4.78 is 25.1. The van der Waals surface area contributed by atoms with Crippen molar-refractivity contribution in [1.29, 1.82) is 0 Å². The highest BCUT2D eigenvalue weighted by Gasteiger charge is 2.24. The number of benzene rings is 1. The smallest absolute Gasteiger partial charge is 0.288 e. The Morgan fingerprint density at radius 1 is 1.24 bits per heavy atom. The molecule has 1 fully saturated rings. The third kappa shape index (κ3) is 4.68. The Bertz CT molecular complexity index is 484. The lowest BCUT2D eigenvalue weighted by molar-refractivity contribution is 0.0816. The lowest BCUT2D eigenvalue weighted by Crippen LogP contribution is -2.42. The maximum absolute atomic E-state index is 12.5. The van der Waals surface area contributed by atoms with E-state index in [4.69, 9.17) is 0 Å². The molecule has 0 radical (unpaired) electrons. The number of alkyl halides is 2. The normalized spacial score (nSPS) is 22.9. The van der Waals surface area contributed by atoms with Gasteiger partial charge in [-0.1, -0.05) is 43.2 Å². The molecule has 1 amide bonds. The highest BCUT2D eigenvalue weighted by atomic mass is 32.2. The number of aliphatic hydroxyl groups is 1. The molecule has 0 aliphatic heterocycles. The van der Waals surface area contributed by atoms with Gasteiger partial charge in [0.1, 0.15) is 0 Å². The number of thioether (sulfide) groups is 1. The van der Waals surface area contributed by atoms with Gasteiger partial charge in [-0.05, 0) is 25.0 Å². The maximum atomic E-state index is 12.5. The second kappa shape index (κ2) is 7.75. The molecule has 0 saturated heterocycles. The van der Waals surface area contributed by atoms with E-state index in [2.05, 4.69) is 5.32 Å². The van der Waals surface area contributed by atoms with Gasteiger partial charge < -0.3 is 10.4 Å². The van der Waals surface area contributed by atoms with Gasteiger partial charge in [-0.2, -0.15) is 8.78 Å². The van der Waals surface area contributed by atoms with Crippen LogP contribution >= 0.6 is 11.8 Å². The van der Waals surface area contributed by atoms with E-state index in [0.717, 1.165) is 25.7 Å². The van der Waals surface area contributed by atoms with E-state index in [1.54, 1.807) is 12.1 Å². The second-order valence-electron chi connectivity index (χ2n) is 5.16. The van der Waals surface area contributed by atoms with E-state index >= 15 is 0 Å². The monoisotopic (exact) mass is 315 g/mol. The number of halogens is 2. The summed E-state index contributed by atoms with van der Waals surface area (Å²) >= 11 is 0.364. The van der Waals surface area contributed by atoms with Crippen molar-refractivity contribution in [2.45, 2.75) is 54.9 Å². The molecule has 2 N–H and O–H groups in total. The summed E-state index contributed by atoms with van der Waals surface area (Å²) in [4.78, 5) is 12.6. The average Bonchev–Trinajstić information content (AvgIpc) is 2.64. The van der Waals surface area contributed by atoms with Crippen LogP contribution in [-0.2, 0) is 0 Å². The van der Waals surface area contributed by atoms with Gasteiger partial charge in [0, 0.05) is 4.90 Å². The summed E-state index contributed by atoms with van der Waals surface area (Å²) in [7, 11) is 0. The topological polar surface area (TPSA) is 49.3 Å². The molecule has 1 aliphatic carbocycles. The number of carbonyl (C=O) groups is 1. The fraction of sp³-hybridized carbons (Fsp3) is 0.533. The number of rotatable bonds is 4. The Balaban J connectivity index is 2.09. The van der Waals surface area contributed by atoms with Crippen molar-refractivity contribution in [2.75, 3.05) is 0 Å². The molecule has 0 spiro atoms. The van der Waals surface area contributed by atoms with Crippen molar-refractivity contribution in [3.05, 3.63) is 29.8 Å². The molecule has 2 rings (SSSR count). The molecule has 0 aromatic heterocycles. The minimum absolute atomic E-state index is 0.235. The first kappa shape index (κ1) is 16.2. The Morgan fingerprint density at radius 3 is 2.71 bits per heavy atom. The van der Waals surface area contributed by atoms with Crippen LogP contribution in [0.5, 0.6) is 0 Å². The van der Waals surface area contributed by atoms with Crippen molar-refractivity contribution in [2.24, 2.45) is 0 Å². The minimum atomic E-state index is -2.57. The van der Waals surface area contributed by atoms with Gasteiger partial charge in [-0.15, -0.1) is 0 Å². The van der Waals surface area contributed by atoms with Gasteiger partial charge in [-0.25, -0.2) is 0 Å². The number of hydrogen-bond acceptors (Lipinski definition) is 3. The van der Waals surface area contributed by atoms with E-state index in [9.17, 15) is 18.7 Å². The Morgan fingerprint density at radius 2 is 1.95 bits per heavy atom. The molecule has 116 valence electrons. The van der Waals surface area contributed by atoms with Crippen molar-refractivity contribution >= 4 is 17.7 Å². The Hall–Kier alpha value is -1.14. The fourth-order valence-corrected chi connectivity index (χ4v) is 3.19. The van der Waals surface area contributed by atoms with Crippen LogP contribution in [0.3, 0.4) is 0 Å². The van der Waals surface area contributed by atoms with Gasteiger partial charge in [-0.3, -0.25) is 4.79 Å². The standard InChI is InChI=1S/C15H19F2NO2S/c16-15(17)21-13-9-5-4-6-10(13)14(20)18-11-7-2-1-3-8-12(11)19/h4-6,9,11-12,15,19H,1-3,7-8H2,(H,18,20). The van der Waals surface area contributed by atoms with Crippen LogP contribution in [0.4, 0.5) is 8.78 Å². The highest BCUT2D eigenvalue weighted by molar-refractivity contribution is 7.99. The van der Waals surface area contributed by atoms with Crippen molar-refractivity contribution in [1.82, 2.24) is 5.32 Å². The number of aliphatic hydroxyl groups excluding tert-OH is 1. The van der Waals surface area contributed by atoms with Crippen molar-refractivity contribution < 1.29 is 18.7 Å². The zero-order valence-corrected chi connectivity index (χ0v) is 12.4. The predicted molar refractivity (Wildman–Crippen MR) is 78.6 cm³/mol. The molecule has 1 aliphatic rings. The first-order valence-electron chi connectivity index (χ1n) is 7.10. The molecule has 0 heterocycles. The van der Waals surface area contributed by atoms with Gasteiger partial charge >= 0.3 is 0 Å². The van der Waals surface area contributed by atoms with E-state index in [0.29, 0.717) is 18.2 Å². The number of amides is 1. The third-order valence-corrected chi connectivity index (χ3v) is 4.43. The second-order valence-corrected chi connectivity index (χ2v) is 6.19. The Kier molecular flexibility index (Phi) is 5.99. The summed E-state index contributed by atoms with van der Waals surface area (Å²) in [6.45, 7) is 0. The minimum Gasteiger partial charge on any atom is -0.391 e. The molecular weight excluding hydrogens is 296 g/mol. The predicted octanol–water partition coefficient (Wildman–Crippen LogP) is 3.42. The summed E-state index contributed by atoms with van der Waals surface area (Å²) in [5.74, 6) is -2.97. The number of nitrogens with one attached hydrogen (secondary N) is 1. The Labute approximate surface area is 127 Å². The van der Waals surface area contributed by atoms with Crippen LogP contribution < -0.4 is 5.32 Å². The molecule has 21 heavy (non-hydrogen) atoms. The molecular formula is C15H19F2NO2S. The van der Waals surface area contributed by atoms with E-state index in [-0.39, 0.29) is 16.5 Å². The van der Waals surface area contributed by atoms with E-state index in [1.165, 1.54) is 12.1 Å². The van der Waals surface area contributed by atoms with Gasteiger partial charge in [0.15, 0.2) is 0 Å². The third-order valence-electron chi connectivity index (χ3n) is 3.64. The maximum Gasteiger partial charge on any atom is 0.288 e. The summed E-state index contributed by atoms with van der Waals surface area (Å²) in [6, 6.07) is 6.01. The number of hydrogen-bond donors (Lipinski definition) is 2. The van der Waals surface area contributed by atoms with Crippen LogP contribution in [0.1, 0.15) is 42.5 Å². The zero-order chi connectivity index (χ0) is 15.2. The molecule has 2 unspecified atom stereocenters. The molecule has 1 aromatic carbocycles. The van der Waals surface area contributed by atoms with Crippen LogP contribution in [0.2, 0.25) is 0 Å². The van der Waals surface area contributed by atoms with Gasteiger partial charge in [0.2, 0.25) is 0 Å². The van der Waals surface area contributed by atoms with Crippen molar-refractivity contribution in [3.8, 4) is 0 Å². The van der Waals surface area contributed by atoms with E-state index in [1.807, 2.05) is 0 Å². The molecule has 6 heteroatoms. The van der Waals surface area contributed by atoms with Crippen LogP contribution in [0, 0.1) is 0 Å². The average molecular weight is 315 g/mol. The van der Waals surface area contributed by atoms with E-state index < -0.39 is 17.8 Å². The van der Waals surface area contributed by atoms with Crippen molar-refractivity contribution in [3.63, 3.8) is 0 Å². The molecule has 0 bridgehead atoms. The van der Waals surface area contributed by atoms with Crippen LogP contribution in [0.15, 0.2) is 29.2 Å². The summed E-state index contributed by atoms with van der Waals surface area (Å²) in [5, 5.41) is 12.8. The largest absolute Gasteiger partial charge is 0.391 e. The molecule has 1 aromatic rings. The molecule has 3 nitrogen and oxygen atoms in total. The number of carbonyl (C=O) groups excluding carboxylic acids is 1. The van der Waals surface area contributed by atoms with Crippen LogP contribution in [-0.4, -0.2) is 28.9 Å². The quantitative estimate of drug-likeness (QED) is 0.661. The highest BCUT2D eigenvalue weighted by Crippen LogP contribution is 2.28. The molecule has 2 atom stereocenters. The first-order valence-corrected chi connectivity index (χ1v) is 7.98. The lowest BCUT2D eigenvalue weighted by Gasteiger charge is -2.22. The van der Waals surface area contributed by atoms with Gasteiger partial charge in [0.05, 0.1) is 17.7 Å². The zero-order valence-electron chi connectivity index (χ0n) is 11.6. The molecule has 1 saturated carbocycles. The lowest BCUT2D eigenvalue weighted by atomic mass is 10.1.